The molecule has 1 saturated heterocycles. The summed E-state index contributed by atoms with van der Waals surface area (Å²) < 4.78 is 5.85. The molecule has 0 radical (unpaired) electrons. The van der Waals surface area contributed by atoms with Crippen LogP contribution in [0.4, 0.5) is 0 Å². The van der Waals surface area contributed by atoms with E-state index in [0.29, 0.717) is 81.6 Å². The smallest absolute Gasteiger partial charge is 0.144 e. The van der Waals surface area contributed by atoms with Crippen LogP contribution in [0.15, 0.2) is 0 Å². The highest BCUT2D eigenvalue weighted by molar-refractivity contribution is 5.90. The van der Waals surface area contributed by atoms with Crippen molar-refractivity contribution in [1.82, 2.24) is 0 Å². The molecule has 0 amide bonds. The molecule has 1 heterocycles. The van der Waals surface area contributed by atoms with Crippen LogP contribution in [0.1, 0.15) is 219 Å². The predicted molar refractivity (Wildman–Crippen MR) is 229 cm³/mol. The third-order valence-corrected chi connectivity index (χ3v) is 13.0. The monoisotopic (exact) mass is 789 g/mol. The molecule has 8 unspecified atom stereocenters. The lowest BCUT2D eigenvalue weighted by Gasteiger charge is -2.37. The van der Waals surface area contributed by atoms with Gasteiger partial charge in [0.15, 0.2) is 0 Å². The lowest BCUT2D eigenvalue weighted by molar-refractivity contribution is -0.138. The van der Waals surface area contributed by atoms with Crippen LogP contribution < -0.4 is 0 Å². The largest absolute Gasteiger partial charge is 0.390 e. The van der Waals surface area contributed by atoms with Gasteiger partial charge in [0.2, 0.25) is 0 Å². The second-order valence-electron chi connectivity index (χ2n) is 23.9. The number of aliphatic hydroxyl groups is 2. The Balaban J connectivity index is 0.000000388. The highest BCUT2D eigenvalue weighted by Crippen LogP contribution is 2.45. The first-order chi connectivity index (χ1) is 25.3. The van der Waals surface area contributed by atoms with Crippen LogP contribution in [0, 0.1) is 43.8 Å². The summed E-state index contributed by atoms with van der Waals surface area (Å²) in [6.45, 7) is 31.1. The summed E-state index contributed by atoms with van der Waals surface area (Å²) in [6.07, 6.45) is 12.9. The van der Waals surface area contributed by atoms with Crippen molar-refractivity contribution in [3.8, 4) is 0 Å². The Hall–Kier alpha value is -1.44. The van der Waals surface area contributed by atoms with Gasteiger partial charge in [-0.1, -0.05) is 110 Å². The fourth-order valence-electron chi connectivity index (χ4n) is 10.3. The highest BCUT2D eigenvalue weighted by Gasteiger charge is 2.44. The molecular weight excluding hydrogens is 701 g/mol. The van der Waals surface area contributed by atoms with Gasteiger partial charge in [0.05, 0.1) is 24.4 Å². The molecule has 0 aromatic rings. The molecule has 0 aromatic carbocycles. The minimum absolute atomic E-state index is 0.00536. The number of Topliss-reactive ketones (excluding diaryl/α,β-unsaturated/α-hetero) is 4. The molecule has 3 aliphatic rings. The average molecular weight is 789 g/mol. The maximum absolute atomic E-state index is 13.4. The molecule has 8 atom stereocenters. The van der Waals surface area contributed by atoms with Crippen molar-refractivity contribution in [2.75, 3.05) is 0 Å². The van der Waals surface area contributed by atoms with E-state index < -0.39 is 28.5 Å². The average Bonchev–Trinajstić information content (AvgIpc) is 3.78. The van der Waals surface area contributed by atoms with Gasteiger partial charge >= 0.3 is 0 Å². The number of epoxide rings is 1. The first kappa shape index (κ1) is 50.7. The van der Waals surface area contributed by atoms with Crippen LogP contribution in [-0.4, -0.2) is 57.8 Å². The fraction of sp³-hybridized carbons (Fsp3) is 0.918. The van der Waals surface area contributed by atoms with Crippen molar-refractivity contribution < 1.29 is 34.1 Å². The Morgan fingerprint density at radius 2 is 1.00 bits per heavy atom. The lowest BCUT2D eigenvalue weighted by Crippen LogP contribution is -2.39. The SMILES string of the molecule is CC(C)(C)CC1(C)CCCC(O)C(O)CCCC(C)(C(=O)C(C)(C)C)CCC1=O.CC(C)(C)CC1(C)CCCC2OC2CCCC(C(=O)C(C)(C)C)CCC1=O. The van der Waals surface area contributed by atoms with Crippen LogP contribution in [0.2, 0.25) is 0 Å². The van der Waals surface area contributed by atoms with E-state index in [1.165, 1.54) is 0 Å². The Kier molecular flexibility index (Phi) is 17.9. The minimum Gasteiger partial charge on any atom is -0.390 e. The van der Waals surface area contributed by atoms with Crippen molar-refractivity contribution in [2.24, 2.45) is 43.8 Å². The van der Waals surface area contributed by atoms with E-state index >= 15 is 0 Å². The molecule has 1 aliphatic heterocycles. The Morgan fingerprint density at radius 1 is 0.571 bits per heavy atom. The maximum atomic E-state index is 13.4. The summed E-state index contributed by atoms with van der Waals surface area (Å²) >= 11 is 0. The summed E-state index contributed by atoms with van der Waals surface area (Å²) in [5.74, 6) is 1.09. The number of ketones is 4. The zero-order valence-electron chi connectivity index (χ0n) is 39.1. The normalized spacial score (nSPS) is 34.1. The molecule has 56 heavy (non-hydrogen) atoms. The summed E-state index contributed by atoms with van der Waals surface area (Å²) in [5, 5.41) is 20.7. The number of aliphatic hydroxyl groups excluding tert-OH is 2. The van der Waals surface area contributed by atoms with Crippen molar-refractivity contribution in [3.05, 3.63) is 0 Å². The quantitative estimate of drug-likeness (QED) is 0.272. The van der Waals surface area contributed by atoms with Gasteiger partial charge in [0.1, 0.15) is 23.1 Å². The number of fused-ring (bicyclic) bond motifs is 1. The van der Waals surface area contributed by atoms with Crippen LogP contribution in [0.5, 0.6) is 0 Å². The van der Waals surface area contributed by atoms with Crippen molar-refractivity contribution in [3.63, 3.8) is 0 Å². The summed E-state index contributed by atoms with van der Waals surface area (Å²) in [6, 6.07) is 0. The summed E-state index contributed by atoms with van der Waals surface area (Å²) in [5.41, 5.74) is -2.02. The second kappa shape index (κ2) is 19.7. The molecular formula is C49H88O7. The van der Waals surface area contributed by atoms with Crippen molar-refractivity contribution in [1.29, 1.82) is 0 Å². The molecule has 0 bridgehead atoms. The van der Waals surface area contributed by atoms with Gasteiger partial charge < -0.3 is 14.9 Å². The van der Waals surface area contributed by atoms with Gasteiger partial charge in [-0.3, -0.25) is 19.2 Å². The zero-order valence-corrected chi connectivity index (χ0v) is 39.1. The highest BCUT2D eigenvalue weighted by atomic mass is 16.6. The molecule has 2 saturated carbocycles. The molecule has 0 aromatic heterocycles. The van der Waals surface area contributed by atoms with E-state index in [9.17, 15) is 29.4 Å². The predicted octanol–water partition coefficient (Wildman–Crippen LogP) is 11.6. The zero-order chi connectivity index (χ0) is 43.1. The van der Waals surface area contributed by atoms with E-state index in [1.54, 1.807) is 0 Å². The first-order valence-electron chi connectivity index (χ1n) is 22.5. The van der Waals surface area contributed by atoms with E-state index in [0.717, 1.165) is 57.8 Å². The standard InChI is InChI=1S/C25H46O4.C24H42O3/c1-22(2,3)17-25(8)15-10-12-19(27)18(26)11-9-14-24(7,16-13-20(25)28)21(29)23(4,5)6;1-22(2,3)16-24(7)15-9-12-19-18(27-19)11-8-10-17(13-14-20(24)25)21(26)23(4,5)6/h18-19,26-27H,9-17H2,1-8H3;17-19H,8-16H2,1-7H3. The van der Waals surface area contributed by atoms with E-state index in [1.807, 2.05) is 55.4 Å². The van der Waals surface area contributed by atoms with Gasteiger partial charge in [0.25, 0.3) is 0 Å². The minimum atomic E-state index is -0.769. The third-order valence-electron chi connectivity index (χ3n) is 13.0. The fourth-order valence-corrected chi connectivity index (χ4v) is 10.3. The topological polar surface area (TPSA) is 121 Å². The molecule has 7 heteroatoms. The van der Waals surface area contributed by atoms with Crippen molar-refractivity contribution in [2.45, 2.75) is 244 Å². The molecule has 3 fully saturated rings. The number of ether oxygens (including phenoxy) is 1. The lowest BCUT2D eigenvalue weighted by atomic mass is 9.65. The Bertz CT molecular complexity index is 1300. The molecule has 2 N–H and O–H groups in total. The number of carbonyl (C=O) groups is 4. The number of rotatable bonds is 4. The molecule has 326 valence electrons. The van der Waals surface area contributed by atoms with Crippen LogP contribution >= 0.6 is 0 Å². The summed E-state index contributed by atoms with van der Waals surface area (Å²) in [7, 11) is 0. The Morgan fingerprint density at radius 3 is 1.45 bits per heavy atom. The van der Waals surface area contributed by atoms with Crippen LogP contribution in [0.3, 0.4) is 0 Å². The number of hydrogen-bond donors (Lipinski definition) is 2. The van der Waals surface area contributed by atoms with Crippen LogP contribution in [0.25, 0.3) is 0 Å². The van der Waals surface area contributed by atoms with Gasteiger partial charge in [-0.25, -0.2) is 0 Å². The van der Waals surface area contributed by atoms with Crippen molar-refractivity contribution >= 4 is 23.1 Å². The van der Waals surface area contributed by atoms with Gasteiger partial charge in [-0.05, 0) is 107 Å². The van der Waals surface area contributed by atoms with E-state index in [2.05, 4.69) is 48.5 Å². The molecule has 3 rings (SSSR count). The van der Waals surface area contributed by atoms with Gasteiger partial charge in [-0.15, -0.1) is 0 Å². The molecule has 2 aliphatic carbocycles. The number of hydrogen-bond acceptors (Lipinski definition) is 7. The van der Waals surface area contributed by atoms with Gasteiger partial charge in [-0.2, -0.15) is 0 Å². The summed E-state index contributed by atoms with van der Waals surface area (Å²) in [4.78, 5) is 52.9. The first-order valence-corrected chi connectivity index (χ1v) is 22.5. The second-order valence-corrected chi connectivity index (χ2v) is 23.9. The third kappa shape index (κ3) is 16.3. The Labute approximate surface area is 344 Å². The molecule has 7 nitrogen and oxygen atoms in total. The van der Waals surface area contributed by atoms with E-state index in [4.69, 9.17) is 4.74 Å². The van der Waals surface area contributed by atoms with E-state index in [-0.39, 0.29) is 39.1 Å². The van der Waals surface area contributed by atoms with Crippen LogP contribution in [-0.2, 0) is 23.9 Å². The maximum Gasteiger partial charge on any atom is 0.144 e. The van der Waals surface area contributed by atoms with Gasteiger partial charge in [0, 0.05) is 45.8 Å². The number of carbonyl (C=O) groups excluding carboxylic acids is 4. The molecule has 0 spiro atoms.